The van der Waals surface area contributed by atoms with Crippen molar-refractivity contribution >= 4 is 41.8 Å². The number of amides is 1. The molecule has 2 aliphatic rings. The quantitative estimate of drug-likeness (QED) is 0.282. The summed E-state index contributed by atoms with van der Waals surface area (Å²) < 4.78 is 4.92. The maximum absolute atomic E-state index is 12.7. The predicted molar refractivity (Wildman–Crippen MR) is 128 cm³/mol. The van der Waals surface area contributed by atoms with Crippen molar-refractivity contribution in [1.29, 1.82) is 0 Å². The molecule has 1 N–H and O–H groups in total. The Hall–Kier alpha value is -1.84. The average Bonchev–Trinajstić information content (AvgIpc) is 3.15. The lowest BCUT2D eigenvalue weighted by atomic mass is 9.99. The van der Waals surface area contributed by atoms with Crippen LogP contribution in [-0.2, 0) is 16.1 Å². The fourth-order valence-electron chi connectivity index (χ4n) is 4.21. The number of esters is 1. The van der Waals surface area contributed by atoms with E-state index in [9.17, 15) is 9.59 Å². The summed E-state index contributed by atoms with van der Waals surface area (Å²) in [7, 11) is 3.18. The molecule has 2 fully saturated rings. The zero-order valence-corrected chi connectivity index (χ0v) is 20.4. The molecule has 1 aromatic rings. The maximum Gasteiger partial charge on any atom is 0.310 e. The van der Waals surface area contributed by atoms with E-state index in [1.165, 1.54) is 13.5 Å². The molecule has 0 aromatic heterocycles. The molecule has 0 bridgehead atoms. The van der Waals surface area contributed by atoms with Gasteiger partial charge >= 0.3 is 5.97 Å². The second-order valence-corrected chi connectivity index (χ2v) is 7.97. The van der Waals surface area contributed by atoms with E-state index in [4.69, 9.17) is 4.74 Å². The van der Waals surface area contributed by atoms with Crippen molar-refractivity contribution in [3.63, 3.8) is 0 Å². The maximum atomic E-state index is 12.7. The fraction of sp³-hybridized carbons (Fsp3) is 0.591. The number of hydrogen-bond acceptors (Lipinski definition) is 4. The van der Waals surface area contributed by atoms with E-state index < -0.39 is 0 Å². The van der Waals surface area contributed by atoms with E-state index in [2.05, 4.69) is 22.1 Å². The molecule has 2 atom stereocenters. The number of hydrogen-bond donors (Lipinski definition) is 1. The number of carbonyl (C=O) groups excluding carboxylic acids is 2. The monoisotopic (exact) mass is 528 g/mol. The molecule has 0 saturated carbocycles. The molecule has 0 spiro atoms. The predicted octanol–water partition coefficient (Wildman–Crippen LogP) is 2.75. The average molecular weight is 528 g/mol. The number of piperidine rings is 1. The number of nitrogens with zero attached hydrogens (tertiary/aromatic N) is 3. The van der Waals surface area contributed by atoms with Gasteiger partial charge in [-0.05, 0) is 42.9 Å². The molecular formula is C22H33IN4O3. The molecular weight excluding hydrogens is 495 g/mol. The van der Waals surface area contributed by atoms with E-state index in [0.717, 1.165) is 49.6 Å². The third kappa shape index (κ3) is 5.86. The number of nitrogens with one attached hydrogen (secondary N) is 1. The summed E-state index contributed by atoms with van der Waals surface area (Å²) in [5.74, 6) is 0.788. The van der Waals surface area contributed by atoms with Gasteiger partial charge in [-0.2, -0.15) is 0 Å². The van der Waals surface area contributed by atoms with Crippen LogP contribution in [0.1, 0.15) is 42.1 Å². The van der Waals surface area contributed by atoms with Crippen LogP contribution >= 0.6 is 24.0 Å². The summed E-state index contributed by atoms with van der Waals surface area (Å²) in [6.45, 7) is 5.69. The number of guanidine groups is 1. The topological polar surface area (TPSA) is 74.2 Å². The normalized spacial score (nSPS) is 21.8. The largest absolute Gasteiger partial charge is 0.469 e. The van der Waals surface area contributed by atoms with Crippen LogP contribution in [0, 0.1) is 11.8 Å². The minimum atomic E-state index is -0.167. The number of ether oxygens (including phenoxy) is 1. The minimum Gasteiger partial charge on any atom is -0.469 e. The highest BCUT2D eigenvalue weighted by molar-refractivity contribution is 14.0. The van der Waals surface area contributed by atoms with Crippen LogP contribution in [-0.4, -0.2) is 68.0 Å². The minimum absolute atomic E-state index is 0. The number of aliphatic imine (C=N–C) groups is 1. The van der Waals surface area contributed by atoms with Gasteiger partial charge in [0.2, 0.25) is 0 Å². The van der Waals surface area contributed by atoms with Crippen LogP contribution in [0.25, 0.3) is 0 Å². The van der Waals surface area contributed by atoms with Gasteiger partial charge in [0.05, 0.1) is 13.0 Å². The van der Waals surface area contributed by atoms with Crippen molar-refractivity contribution in [1.82, 2.24) is 15.1 Å². The molecule has 8 heteroatoms. The van der Waals surface area contributed by atoms with Crippen molar-refractivity contribution in [2.45, 2.75) is 32.7 Å². The number of halogens is 1. The highest BCUT2D eigenvalue weighted by Gasteiger charge is 2.36. The Morgan fingerprint density at radius 3 is 2.57 bits per heavy atom. The molecule has 2 aliphatic heterocycles. The van der Waals surface area contributed by atoms with Gasteiger partial charge in [-0.25, -0.2) is 0 Å². The van der Waals surface area contributed by atoms with Crippen LogP contribution in [0.15, 0.2) is 29.3 Å². The lowest BCUT2D eigenvalue weighted by Crippen LogP contribution is -2.40. The Balaban J connectivity index is 0.00000320. The summed E-state index contributed by atoms with van der Waals surface area (Å²) in [6.07, 6.45) is 3.38. The van der Waals surface area contributed by atoms with Gasteiger partial charge in [-0.15, -0.1) is 24.0 Å². The first-order valence-corrected chi connectivity index (χ1v) is 10.4. The van der Waals surface area contributed by atoms with Gasteiger partial charge in [0.15, 0.2) is 5.96 Å². The Labute approximate surface area is 196 Å². The van der Waals surface area contributed by atoms with Gasteiger partial charge in [0.1, 0.15) is 0 Å². The summed E-state index contributed by atoms with van der Waals surface area (Å²) in [5.41, 5.74) is 1.77. The lowest BCUT2D eigenvalue weighted by molar-refractivity contribution is -0.145. The zero-order chi connectivity index (χ0) is 20.8. The summed E-state index contributed by atoms with van der Waals surface area (Å²) in [6, 6.07) is 7.79. The van der Waals surface area contributed by atoms with Crippen LogP contribution in [0.3, 0.4) is 0 Å². The Morgan fingerprint density at radius 1 is 1.17 bits per heavy atom. The van der Waals surface area contributed by atoms with Crippen LogP contribution in [0.5, 0.6) is 0 Å². The molecule has 7 nitrogen and oxygen atoms in total. The number of benzene rings is 1. The Morgan fingerprint density at radius 2 is 1.90 bits per heavy atom. The summed E-state index contributed by atoms with van der Waals surface area (Å²) >= 11 is 0. The van der Waals surface area contributed by atoms with Gasteiger partial charge in [0, 0.05) is 45.3 Å². The van der Waals surface area contributed by atoms with E-state index in [-0.39, 0.29) is 47.7 Å². The van der Waals surface area contributed by atoms with Crippen LogP contribution < -0.4 is 5.32 Å². The number of methoxy groups -OCH3 is 1. The summed E-state index contributed by atoms with van der Waals surface area (Å²) in [4.78, 5) is 33.1. The molecule has 2 heterocycles. The Kier molecular flexibility index (Phi) is 9.38. The van der Waals surface area contributed by atoms with E-state index in [1.807, 2.05) is 29.2 Å². The molecule has 166 valence electrons. The van der Waals surface area contributed by atoms with E-state index in [1.54, 1.807) is 7.05 Å². The second-order valence-electron chi connectivity index (χ2n) is 7.97. The third-order valence-electron chi connectivity index (χ3n) is 5.90. The van der Waals surface area contributed by atoms with Gasteiger partial charge in [0.25, 0.3) is 5.91 Å². The molecule has 1 aromatic carbocycles. The molecule has 30 heavy (non-hydrogen) atoms. The lowest BCUT2D eigenvalue weighted by Gasteiger charge is -2.27. The molecule has 1 amide bonds. The number of carbonyl (C=O) groups is 2. The highest BCUT2D eigenvalue weighted by atomic mass is 127. The van der Waals surface area contributed by atoms with Gasteiger partial charge < -0.3 is 19.9 Å². The summed E-state index contributed by atoms with van der Waals surface area (Å²) in [5, 5.41) is 3.37. The smallest absolute Gasteiger partial charge is 0.310 e. The molecule has 2 saturated heterocycles. The highest BCUT2D eigenvalue weighted by Crippen LogP contribution is 2.24. The molecule has 3 rings (SSSR count). The van der Waals surface area contributed by atoms with Crippen molar-refractivity contribution in [3.8, 4) is 0 Å². The first-order chi connectivity index (χ1) is 14.0. The van der Waals surface area contributed by atoms with E-state index in [0.29, 0.717) is 13.1 Å². The molecule has 0 radical (unpaired) electrons. The van der Waals surface area contributed by atoms with Crippen molar-refractivity contribution in [2.75, 3.05) is 40.3 Å². The van der Waals surface area contributed by atoms with Crippen LogP contribution in [0.2, 0.25) is 0 Å². The molecule has 2 unspecified atom stereocenters. The molecule has 0 aliphatic carbocycles. The number of rotatable bonds is 4. The van der Waals surface area contributed by atoms with Crippen molar-refractivity contribution < 1.29 is 14.3 Å². The number of likely N-dealkylation sites (tertiary alicyclic amines) is 2. The van der Waals surface area contributed by atoms with Gasteiger partial charge in [-0.3, -0.25) is 14.6 Å². The standard InChI is InChI=1S/C22H32N4O3.HI/c1-16-14-26(15-19(16)21(28)29-3)22(23-2)24-13-17-8-7-9-18(12-17)20(27)25-10-5-4-6-11-25;/h7-9,12,16,19H,4-6,10-11,13-15H2,1-3H3,(H,23,24);1H. The first-order valence-electron chi connectivity index (χ1n) is 10.4. The first kappa shape index (κ1) is 24.4. The third-order valence-corrected chi connectivity index (χ3v) is 5.90. The van der Waals surface area contributed by atoms with Crippen molar-refractivity contribution in [2.24, 2.45) is 16.8 Å². The van der Waals surface area contributed by atoms with Gasteiger partial charge in [-0.1, -0.05) is 19.1 Å². The van der Waals surface area contributed by atoms with E-state index >= 15 is 0 Å². The zero-order valence-electron chi connectivity index (χ0n) is 18.1. The van der Waals surface area contributed by atoms with Crippen molar-refractivity contribution in [3.05, 3.63) is 35.4 Å². The SMILES string of the molecule is CN=C(NCc1cccc(C(=O)N2CCCCC2)c1)N1CC(C)C(C(=O)OC)C1.I. The fourth-order valence-corrected chi connectivity index (χ4v) is 4.21. The second kappa shape index (κ2) is 11.5. The Bertz CT molecular complexity index is 765. The van der Waals surface area contributed by atoms with Crippen LogP contribution in [0.4, 0.5) is 0 Å².